The Morgan fingerprint density at radius 1 is 1.64 bits per heavy atom. The summed E-state index contributed by atoms with van der Waals surface area (Å²) in [6.45, 7) is 3.33. The summed E-state index contributed by atoms with van der Waals surface area (Å²) in [5.41, 5.74) is 0. The number of hydrogen-bond acceptors (Lipinski definition) is 6. The molecule has 0 spiro atoms. The Morgan fingerprint density at radius 2 is 2.36 bits per heavy atom. The van der Waals surface area contributed by atoms with E-state index in [1.165, 1.54) is 13.2 Å². The highest BCUT2D eigenvalue weighted by molar-refractivity contribution is 5.63. The largest absolute Gasteiger partial charge is 0.509 e. The van der Waals surface area contributed by atoms with Crippen LogP contribution >= 0.6 is 0 Å². The molecule has 0 aromatic heterocycles. The lowest BCUT2D eigenvalue weighted by atomic mass is 10.2. The van der Waals surface area contributed by atoms with Crippen LogP contribution in [0.1, 0.15) is 0 Å². The monoisotopic (exact) mass is 202 g/mol. The molecule has 1 aliphatic rings. The maximum absolute atomic E-state index is 10.7. The predicted molar refractivity (Wildman–Crippen MR) is 43.7 cm³/mol. The van der Waals surface area contributed by atoms with Crippen LogP contribution in [0.4, 0.5) is 9.59 Å². The Bertz CT molecular complexity index is 248. The van der Waals surface area contributed by atoms with Crippen molar-refractivity contribution in [2.75, 3.05) is 13.7 Å². The lowest BCUT2D eigenvalue weighted by Gasteiger charge is -2.10. The van der Waals surface area contributed by atoms with Crippen LogP contribution in [0.3, 0.4) is 0 Å². The molecule has 0 aromatic rings. The quantitative estimate of drug-likeness (QED) is 0.499. The molecule has 1 aliphatic heterocycles. The fourth-order valence-electron chi connectivity index (χ4n) is 0.943. The second kappa shape index (κ2) is 4.50. The Morgan fingerprint density at radius 3 is 2.93 bits per heavy atom. The first kappa shape index (κ1) is 10.4. The topological polar surface area (TPSA) is 71.1 Å². The minimum atomic E-state index is -0.837. The summed E-state index contributed by atoms with van der Waals surface area (Å²) in [5.74, 6) is 0. The van der Waals surface area contributed by atoms with Crippen molar-refractivity contribution >= 4 is 12.3 Å². The van der Waals surface area contributed by atoms with Gasteiger partial charge in [0.25, 0.3) is 0 Å². The molecule has 78 valence electrons. The van der Waals surface area contributed by atoms with Crippen LogP contribution in [0.25, 0.3) is 0 Å². The molecule has 1 fully saturated rings. The van der Waals surface area contributed by atoms with Gasteiger partial charge in [0.1, 0.15) is 6.61 Å². The van der Waals surface area contributed by atoms with Gasteiger partial charge in [0.05, 0.1) is 7.11 Å². The maximum atomic E-state index is 10.7. The van der Waals surface area contributed by atoms with Crippen LogP contribution in [-0.4, -0.2) is 38.2 Å². The molecule has 6 nitrogen and oxygen atoms in total. The van der Waals surface area contributed by atoms with Crippen molar-refractivity contribution in [3.05, 3.63) is 12.7 Å². The number of methoxy groups -OCH3 is 1. The van der Waals surface area contributed by atoms with E-state index in [0.29, 0.717) is 0 Å². The molecule has 0 bridgehead atoms. The number of rotatable bonds is 3. The van der Waals surface area contributed by atoms with E-state index in [1.54, 1.807) is 0 Å². The number of ether oxygens (including phenoxy) is 4. The average molecular weight is 202 g/mol. The molecule has 0 aliphatic carbocycles. The van der Waals surface area contributed by atoms with E-state index in [9.17, 15) is 9.59 Å². The molecular weight excluding hydrogens is 192 g/mol. The molecular formula is C8H10O6. The first-order valence-corrected chi connectivity index (χ1v) is 3.88. The summed E-state index contributed by atoms with van der Waals surface area (Å²) >= 11 is 0. The lowest BCUT2D eigenvalue weighted by Crippen LogP contribution is -2.27. The van der Waals surface area contributed by atoms with Crippen LogP contribution in [0.5, 0.6) is 0 Å². The lowest BCUT2D eigenvalue weighted by molar-refractivity contribution is 0.0306. The fraction of sp³-hybridized carbons (Fsp3) is 0.500. The molecule has 2 atom stereocenters. The standard InChI is InChI=1S/C8H10O6/c1-3-5-6(14-8(10)13-5)4-12-7(9)11-2/h3,5-6H,1,4H2,2H3. The molecule has 0 radical (unpaired) electrons. The van der Waals surface area contributed by atoms with Gasteiger partial charge in [-0.25, -0.2) is 9.59 Å². The third-order valence-corrected chi connectivity index (χ3v) is 1.61. The van der Waals surface area contributed by atoms with Crippen molar-refractivity contribution < 1.29 is 28.5 Å². The Hall–Kier alpha value is -1.72. The van der Waals surface area contributed by atoms with Gasteiger partial charge in [-0.05, 0) is 6.08 Å². The zero-order valence-electron chi connectivity index (χ0n) is 7.60. The van der Waals surface area contributed by atoms with Gasteiger partial charge in [0.15, 0.2) is 12.2 Å². The number of carbonyl (C=O) groups excluding carboxylic acids is 2. The molecule has 1 rings (SSSR count). The SMILES string of the molecule is C=CC1OC(=O)OC1COC(=O)OC. The van der Waals surface area contributed by atoms with E-state index in [1.807, 2.05) is 0 Å². The van der Waals surface area contributed by atoms with Gasteiger partial charge in [0.2, 0.25) is 0 Å². The average Bonchev–Trinajstić information content (AvgIpc) is 2.55. The second-order valence-electron chi connectivity index (χ2n) is 2.49. The van der Waals surface area contributed by atoms with Gasteiger partial charge in [-0.1, -0.05) is 6.58 Å². The number of hydrogen-bond donors (Lipinski definition) is 0. The molecule has 0 saturated carbocycles. The zero-order valence-corrected chi connectivity index (χ0v) is 7.60. The third kappa shape index (κ3) is 2.38. The minimum absolute atomic E-state index is 0.116. The predicted octanol–water partition coefficient (Wildman–Crippen LogP) is 0.859. The van der Waals surface area contributed by atoms with E-state index < -0.39 is 24.5 Å². The molecule has 1 heterocycles. The normalized spacial score (nSPS) is 24.8. The van der Waals surface area contributed by atoms with Crippen LogP contribution in [0.15, 0.2) is 12.7 Å². The van der Waals surface area contributed by atoms with E-state index in [-0.39, 0.29) is 6.61 Å². The summed E-state index contributed by atoms with van der Waals surface area (Å²) in [4.78, 5) is 21.3. The molecule has 14 heavy (non-hydrogen) atoms. The van der Waals surface area contributed by atoms with Gasteiger partial charge in [-0.2, -0.15) is 0 Å². The first-order chi connectivity index (χ1) is 6.67. The minimum Gasteiger partial charge on any atom is -0.438 e. The summed E-state index contributed by atoms with van der Waals surface area (Å²) < 4.78 is 18.2. The number of carbonyl (C=O) groups is 2. The summed E-state index contributed by atoms with van der Waals surface area (Å²) in [7, 11) is 1.18. The summed E-state index contributed by atoms with van der Waals surface area (Å²) in [6.07, 6.45) is -1.48. The van der Waals surface area contributed by atoms with Crippen molar-refractivity contribution in [2.45, 2.75) is 12.2 Å². The van der Waals surface area contributed by atoms with Crippen molar-refractivity contribution in [3.63, 3.8) is 0 Å². The summed E-state index contributed by atoms with van der Waals surface area (Å²) in [5, 5.41) is 0. The highest BCUT2D eigenvalue weighted by atomic mass is 16.8. The van der Waals surface area contributed by atoms with Gasteiger partial charge < -0.3 is 18.9 Å². The van der Waals surface area contributed by atoms with E-state index >= 15 is 0 Å². The molecule has 2 unspecified atom stereocenters. The second-order valence-corrected chi connectivity index (χ2v) is 2.49. The maximum Gasteiger partial charge on any atom is 0.509 e. The number of cyclic esters (lactones) is 2. The fourth-order valence-corrected chi connectivity index (χ4v) is 0.943. The molecule has 0 amide bonds. The van der Waals surface area contributed by atoms with Crippen molar-refractivity contribution in [1.29, 1.82) is 0 Å². The van der Waals surface area contributed by atoms with Crippen LogP contribution in [0.2, 0.25) is 0 Å². The van der Waals surface area contributed by atoms with Crippen LogP contribution in [0, 0.1) is 0 Å². The van der Waals surface area contributed by atoms with Crippen molar-refractivity contribution in [2.24, 2.45) is 0 Å². The highest BCUT2D eigenvalue weighted by Gasteiger charge is 2.35. The molecule has 6 heteroatoms. The Balaban J connectivity index is 2.39. The smallest absolute Gasteiger partial charge is 0.438 e. The Labute approximate surface area is 80.4 Å². The van der Waals surface area contributed by atoms with Crippen LogP contribution < -0.4 is 0 Å². The van der Waals surface area contributed by atoms with Gasteiger partial charge in [0, 0.05) is 0 Å². The first-order valence-electron chi connectivity index (χ1n) is 3.88. The van der Waals surface area contributed by atoms with Gasteiger partial charge in [-0.15, -0.1) is 0 Å². The Kier molecular flexibility index (Phi) is 3.33. The molecule has 0 aromatic carbocycles. The van der Waals surface area contributed by atoms with Gasteiger partial charge in [-0.3, -0.25) is 0 Å². The summed E-state index contributed by atoms with van der Waals surface area (Å²) in [6, 6.07) is 0. The molecule has 1 saturated heterocycles. The third-order valence-electron chi connectivity index (χ3n) is 1.61. The molecule has 0 N–H and O–H groups in total. The van der Waals surface area contributed by atoms with E-state index in [0.717, 1.165) is 0 Å². The van der Waals surface area contributed by atoms with Crippen molar-refractivity contribution in [3.8, 4) is 0 Å². The van der Waals surface area contributed by atoms with Crippen LogP contribution in [-0.2, 0) is 18.9 Å². The highest BCUT2D eigenvalue weighted by Crippen LogP contribution is 2.16. The van der Waals surface area contributed by atoms with E-state index in [4.69, 9.17) is 4.74 Å². The van der Waals surface area contributed by atoms with Crippen molar-refractivity contribution in [1.82, 2.24) is 0 Å². The zero-order chi connectivity index (χ0) is 10.6. The van der Waals surface area contributed by atoms with Gasteiger partial charge >= 0.3 is 12.3 Å². The van der Waals surface area contributed by atoms with E-state index in [2.05, 4.69) is 20.8 Å².